The average Bonchev–Trinajstić information content (AvgIpc) is 2.95. The fourth-order valence-corrected chi connectivity index (χ4v) is 5.62. The Hall–Kier alpha value is -3.98. The first-order chi connectivity index (χ1) is 20.0. The zero-order chi connectivity index (χ0) is 30.6. The number of hydrogen-bond donors (Lipinski definition) is 1. The van der Waals surface area contributed by atoms with Crippen LogP contribution in [0, 0.1) is 22.0 Å². The van der Waals surface area contributed by atoms with E-state index in [1.54, 1.807) is 26.0 Å². The first kappa shape index (κ1) is 31.0. The van der Waals surface area contributed by atoms with Gasteiger partial charge in [-0.15, -0.1) is 0 Å². The van der Waals surface area contributed by atoms with Crippen LogP contribution in [0.1, 0.15) is 64.2 Å². The number of benzene rings is 2. The normalized spacial score (nSPS) is 17.4. The molecule has 9 nitrogen and oxygen atoms in total. The minimum Gasteiger partial charge on any atom is -0.461 e. The third kappa shape index (κ3) is 6.90. The molecule has 0 spiro atoms. The third-order valence-corrected chi connectivity index (χ3v) is 7.63. The molecule has 0 aliphatic carbocycles. The lowest BCUT2D eigenvalue weighted by molar-refractivity contribution is -0.384. The van der Waals surface area contributed by atoms with Crippen LogP contribution in [0.25, 0.3) is 0 Å². The minimum absolute atomic E-state index is 0.116. The Kier molecular flexibility index (Phi) is 9.83. The summed E-state index contributed by atoms with van der Waals surface area (Å²) in [5, 5.41) is 15.1. The number of allylic oxidation sites excluding steroid dienone is 2. The first-order valence-corrected chi connectivity index (χ1v) is 14.6. The lowest BCUT2D eigenvalue weighted by Crippen LogP contribution is -2.38. The van der Waals surface area contributed by atoms with Crippen LogP contribution in [0.5, 0.6) is 0 Å². The van der Waals surface area contributed by atoms with Crippen LogP contribution in [-0.4, -0.2) is 47.6 Å². The molecule has 0 amide bonds. The number of carbonyl (C=O) groups is 2. The second-order valence-corrected chi connectivity index (χ2v) is 11.8. The van der Waals surface area contributed by atoms with Crippen LogP contribution >= 0.6 is 0 Å². The first-order valence-electron chi connectivity index (χ1n) is 14.6. The summed E-state index contributed by atoms with van der Waals surface area (Å²) in [5.41, 5.74) is 4.76. The standard InChI is InChI=1S/C33H41N3O6/c1-20(2)30-28(32(37)41-17-16-35-15-14-23-10-7-8-11-25(23)19-35)27(24-12-9-13-26(18-24)36(39)40)29(31(34-30)21(3)4)33(38)42-22(5)6/h7-13,18,20-22,27,34H,14-17,19H2,1-6H3. The van der Waals surface area contributed by atoms with Crippen LogP contribution in [-0.2, 0) is 32.0 Å². The second-order valence-electron chi connectivity index (χ2n) is 11.8. The van der Waals surface area contributed by atoms with Crippen LogP contribution in [0.4, 0.5) is 5.69 Å². The van der Waals surface area contributed by atoms with Gasteiger partial charge < -0.3 is 14.8 Å². The van der Waals surface area contributed by atoms with Crippen LogP contribution < -0.4 is 5.32 Å². The molecule has 2 aromatic carbocycles. The molecular weight excluding hydrogens is 534 g/mol. The van der Waals surface area contributed by atoms with Crippen LogP contribution in [0.2, 0.25) is 0 Å². The van der Waals surface area contributed by atoms with Gasteiger partial charge in [0, 0.05) is 43.2 Å². The fourth-order valence-electron chi connectivity index (χ4n) is 5.62. The minimum atomic E-state index is -0.901. The smallest absolute Gasteiger partial charge is 0.337 e. The number of fused-ring (bicyclic) bond motifs is 1. The lowest BCUT2D eigenvalue weighted by atomic mass is 9.77. The zero-order valence-electron chi connectivity index (χ0n) is 25.3. The number of ether oxygens (including phenoxy) is 2. The van der Waals surface area contributed by atoms with E-state index in [0.717, 1.165) is 19.5 Å². The van der Waals surface area contributed by atoms with Gasteiger partial charge in [-0.3, -0.25) is 15.0 Å². The van der Waals surface area contributed by atoms with Crippen molar-refractivity contribution in [2.75, 3.05) is 19.7 Å². The Bertz CT molecular complexity index is 1410. The SMILES string of the molecule is CC(C)OC(=O)C1=C(C(C)C)NC(C(C)C)=C(C(=O)OCCN2CCc3ccccc3C2)C1c1cccc([N+](=O)[O-])c1. The number of rotatable bonds is 10. The summed E-state index contributed by atoms with van der Waals surface area (Å²) in [7, 11) is 0. The van der Waals surface area contributed by atoms with Gasteiger partial charge in [0.05, 0.1) is 28.1 Å². The Morgan fingerprint density at radius 1 is 0.952 bits per heavy atom. The maximum absolute atomic E-state index is 14.0. The summed E-state index contributed by atoms with van der Waals surface area (Å²) in [4.78, 5) is 41.1. The molecule has 0 saturated carbocycles. The van der Waals surface area contributed by atoms with E-state index in [-0.39, 0.29) is 35.3 Å². The summed E-state index contributed by atoms with van der Waals surface area (Å²) < 4.78 is 11.6. The average molecular weight is 576 g/mol. The van der Waals surface area contributed by atoms with Gasteiger partial charge in [0.15, 0.2) is 0 Å². The van der Waals surface area contributed by atoms with Gasteiger partial charge in [-0.1, -0.05) is 64.1 Å². The van der Waals surface area contributed by atoms with E-state index in [4.69, 9.17) is 9.47 Å². The molecule has 0 aromatic heterocycles. The van der Waals surface area contributed by atoms with Crippen molar-refractivity contribution >= 4 is 17.6 Å². The number of esters is 2. The quantitative estimate of drug-likeness (QED) is 0.220. The predicted molar refractivity (Wildman–Crippen MR) is 160 cm³/mol. The van der Waals surface area contributed by atoms with E-state index in [9.17, 15) is 19.7 Å². The molecule has 1 atom stereocenters. The summed E-state index contributed by atoms with van der Waals surface area (Å²) in [6.45, 7) is 13.7. The Morgan fingerprint density at radius 2 is 1.60 bits per heavy atom. The van der Waals surface area contributed by atoms with Gasteiger partial charge in [0.1, 0.15) is 6.61 Å². The zero-order valence-corrected chi connectivity index (χ0v) is 25.3. The number of carbonyl (C=O) groups excluding carboxylic acids is 2. The molecule has 2 aliphatic heterocycles. The van der Waals surface area contributed by atoms with Gasteiger partial charge in [-0.05, 0) is 48.8 Å². The molecule has 9 heteroatoms. The topological polar surface area (TPSA) is 111 Å². The van der Waals surface area contributed by atoms with Crippen molar-refractivity contribution in [3.8, 4) is 0 Å². The molecule has 42 heavy (non-hydrogen) atoms. The molecule has 4 rings (SSSR count). The number of dihydropyridines is 1. The number of nitro benzene ring substituents is 1. The number of non-ortho nitro benzene ring substituents is 1. The van der Waals surface area contributed by atoms with E-state index < -0.39 is 28.9 Å². The largest absolute Gasteiger partial charge is 0.461 e. The summed E-state index contributed by atoms with van der Waals surface area (Å²) in [6, 6.07) is 14.5. The van der Waals surface area contributed by atoms with Gasteiger partial charge in [0.2, 0.25) is 0 Å². The van der Waals surface area contributed by atoms with Crippen molar-refractivity contribution < 1.29 is 24.0 Å². The van der Waals surface area contributed by atoms with E-state index in [1.807, 2.05) is 33.8 Å². The highest BCUT2D eigenvalue weighted by Crippen LogP contribution is 2.43. The van der Waals surface area contributed by atoms with Gasteiger partial charge in [-0.2, -0.15) is 0 Å². The Balaban J connectivity index is 1.70. The molecule has 1 N–H and O–H groups in total. The van der Waals surface area contributed by atoms with Crippen LogP contribution in [0.3, 0.4) is 0 Å². The molecule has 224 valence electrons. The molecule has 2 heterocycles. The molecule has 0 saturated heterocycles. The highest BCUT2D eigenvalue weighted by molar-refractivity contribution is 6.00. The Morgan fingerprint density at radius 3 is 2.21 bits per heavy atom. The van der Waals surface area contributed by atoms with Crippen molar-refractivity contribution in [3.05, 3.63) is 97.9 Å². The molecular formula is C33H41N3O6. The number of nitrogens with zero attached hydrogens (tertiary/aromatic N) is 2. The number of nitrogens with one attached hydrogen (secondary N) is 1. The molecule has 2 aromatic rings. The van der Waals surface area contributed by atoms with Gasteiger partial charge in [0.25, 0.3) is 5.69 Å². The third-order valence-electron chi connectivity index (χ3n) is 7.63. The fraction of sp³-hybridized carbons (Fsp3) is 0.455. The van der Waals surface area contributed by atoms with Crippen molar-refractivity contribution in [1.29, 1.82) is 0 Å². The van der Waals surface area contributed by atoms with Crippen molar-refractivity contribution in [3.63, 3.8) is 0 Å². The summed E-state index contributed by atoms with van der Waals surface area (Å²) in [6.07, 6.45) is 0.542. The van der Waals surface area contributed by atoms with Crippen molar-refractivity contribution in [2.45, 2.75) is 66.5 Å². The van der Waals surface area contributed by atoms with E-state index >= 15 is 0 Å². The van der Waals surface area contributed by atoms with Crippen LogP contribution in [0.15, 0.2) is 71.1 Å². The van der Waals surface area contributed by atoms with E-state index in [1.165, 1.54) is 23.3 Å². The predicted octanol–water partition coefficient (Wildman–Crippen LogP) is 5.65. The molecule has 2 aliphatic rings. The second kappa shape index (κ2) is 13.3. The van der Waals surface area contributed by atoms with E-state index in [0.29, 0.717) is 23.5 Å². The number of nitro groups is 1. The van der Waals surface area contributed by atoms with Crippen molar-refractivity contribution in [1.82, 2.24) is 10.2 Å². The molecule has 0 fully saturated rings. The summed E-state index contributed by atoms with van der Waals surface area (Å²) >= 11 is 0. The van der Waals surface area contributed by atoms with Gasteiger partial charge in [-0.25, -0.2) is 9.59 Å². The maximum Gasteiger partial charge on any atom is 0.337 e. The molecule has 1 unspecified atom stereocenters. The lowest BCUT2D eigenvalue weighted by Gasteiger charge is -2.35. The maximum atomic E-state index is 14.0. The molecule has 0 bridgehead atoms. The van der Waals surface area contributed by atoms with Gasteiger partial charge >= 0.3 is 11.9 Å². The Labute approximate surface area is 247 Å². The highest BCUT2D eigenvalue weighted by Gasteiger charge is 2.41. The monoisotopic (exact) mass is 575 g/mol. The number of hydrogen-bond acceptors (Lipinski definition) is 8. The summed E-state index contributed by atoms with van der Waals surface area (Å²) in [5.74, 6) is -2.27. The van der Waals surface area contributed by atoms with Crippen molar-refractivity contribution in [2.24, 2.45) is 11.8 Å². The van der Waals surface area contributed by atoms with E-state index in [2.05, 4.69) is 28.4 Å². The molecule has 0 radical (unpaired) electrons. The highest BCUT2D eigenvalue weighted by atomic mass is 16.6.